The van der Waals surface area contributed by atoms with Gasteiger partial charge in [0.1, 0.15) is 16.7 Å². The van der Waals surface area contributed by atoms with Gasteiger partial charge in [0.05, 0.1) is 18.6 Å². The molecule has 1 atom stereocenters. The van der Waals surface area contributed by atoms with E-state index in [1.807, 2.05) is 31.3 Å². The Morgan fingerprint density at radius 2 is 1.73 bits per heavy atom. The lowest BCUT2D eigenvalue weighted by atomic mass is 9.93. The van der Waals surface area contributed by atoms with Gasteiger partial charge in [0.15, 0.2) is 5.82 Å². The van der Waals surface area contributed by atoms with Gasteiger partial charge in [0.25, 0.3) is 5.92 Å². The highest BCUT2D eigenvalue weighted by molar-refractivity contribution is 7.86. The number of aromatic nitrogens is 5. The number of rotatable bonds is 8. The molecule has 1 spiro atoms. The zero-order valence-corrected chi connectivity index (χ0v) is 23.3. The molecule has 0 radical (unpaired) electrons. The minimum Gasteiger partial charge on any atom is -0.395 e. The van der Waals surface area contributed by atoms with E-state index in [1.165, 1.54) is 12.8 Å². The first kappa shape index (κ1) is 27.0. The van der Waals surface area contributed by atoms with Crippen molar-refractivity contribution >= 4 is 28.3 Å². The number of aliphatic hydroxyl groups is 1. The minimum atomic E-state index is -2.64. The topological polar surface area (TPSA) is 112 Å². The lowest BCUT2D eigenvalue weighted by Crippen LogP contribution is -2.40. The Morgan fingerprint density at radius 3 is 2.42 bits per heavy atom. The molecular formula is C27H34F2N8O2S. The van der Waals surface area contributed by atoms with Gasteiger partial charge in [-0.05, 0) is 56.2 Å². The number of aryl methyl sites for hydroxylation is 1. The van der Waals surface area contributed by atoms with E-state index in [1.54, 1.807) is 15.6 Å². The molecule has 4 heterocycles. The monoisotopic (exact) mass is 572 g/mol. The fourth-order valence-corrected chi connectivity index (χ4v) is 6.22. The second-order valence-electron chi connectivity index (χ2n) is 11.2. The van der Waals surface area contributed by atoms with Gasteiger partial charge >= 0.3 is 0 Å². The molecule has 1 saturated carbocycles. The molecule has 0 amide bonds. The fourth-order valence-electron chi connectivity index (χ4n) is 5.57. The summed E-state index contributed by atoms with van der Waals surface area (Å²) in [5, 5.41) is 18.0. The van der Waals surface area contributed by atoms with Crippen molar-refractivity contribution in [2.45, 2.75) is 51.4 Å². The van der Waals surface area contributed by atoms with Gasteiger partial charge in [0, 0.05) is 67.7 Å². The average Bonchev–Trinajstić information content (AvgIpc) is 3.49. The van der Waals surface area contributed by atoms with E-state index in [4.69, 9.17) is 5.11 Å². The summed E-state index contributed by atoms with van der Waals surface area (Å²) < 4.78 is 44.2. The van der Waals surface area contributed by atoms with Crippen LogP contribution in [-0.4, -0.2) is 78.7 Å². The SMILES string of the molecule is Cc1cc(-n2cc(-c3ccc(NS(=O)CCO)cc3N3CCC4(CC3)CC4)nn2)nc(N2CCC(F)(F)CC2)n1. The van der Waals surface area contributed by atoms with Gasteiger partial charge in [-0.15, -0.1) is 5.10 Å². The van der Waals surface area contributed by atoms with Crippen LogP contribution in [0.3, 0.4) is 0 Å². The molecule has 2 aliphatic heterocycles. The predicted molar refractivity (Wildman–Crippen MR) is 150 cm³/mol. The largest absolute Gasteiger partial charge is 0.395 e. The zero-order valence-electron chi connectivity index (χ0n) is 22.5. The Bertz CT molecular complexity index is 1390. The molecule has 2 aromatic heterocycles. The summed E-state index contributed by atoms with van der Waals surface area (Å²) in [5.41, 5.74) is 4.50. The summed E-state index contributed by atoms with van der Waals surface area (Å²) in [6.07, 6.45) is 6.31. The van der Waals surface area contributed by atoms with Gasteiger partial charge < -0.3 is 19.6 Å². The number of nitrogens with one attached hydrogen (secondary N) is 1. The van der Waals surface area contributed by atoms with Gasteiger partial charge in [-0.2, -0.15) is 4.98 Å². The third-order valence-corrected chi connectivity index (χ3v) is 9.26. The Labute approximate surface area is 234 Å². The van der Waals surface area contributed by atoms with Crippen molar-refractivity contribution < 1.29 is 18.1 Å². The normalized spacial score (nSPS) is 20.5. The molecule has 6 rings (SSSR count). The number of hydrogen-bond donors (Lipinski definition) is 2. The maximum atomic E-state index is 13.7. The number of halogens is 2. The smallest absolute Gasteiger partial charge is 0.251 e. The van der Waals surface area contributed by atoms with Crippen molar-refractivity contribution in [2.24, 2.45) is 5.41 Å². The number of anilines is 3. The third kappa shape index (κ3) is 5.80. The minimum absolute atomic E-state index is 0.151. The summed E-state index contributed by atoms with van der Waals surface area (Å²) in [6.45, 7) is 3.96. The highest BCUT2D eigenvalue weighted by Crippen LogP contribution is 2.54. The molecule has 2 saturated heterocycles. The molecule has 1 unspecified atom stereocenters. The molecular weight excluding hydrogens is 538 g/mol. The van der Waals surface area contributed by atoms with Crippen LogP contribution < -0.4 is 14.5 Å². The van der Waals surface area contributed by atoms with Crippen LogP contribution in [0.15, 0.2) is 30.5 Å². The fraction of sp³-hybridized carbons (Fsp3) is 0.556. The van der Waals surface area contributed by atoms with Crippen LogP contribution in [0.25, 0.3) is 17.1 Å². The van der Waals surface area contributed by atoms with Crippen molar-refractivity contribution in [3.8, 4) is 17.1 Å². The van der Waals surface area contributed by atoms with Crippen molar-refractivity contribution in [1.29, 1.82) is 0 Å². The van der Waals surface area contributed by atoms with Crippen LogP contribution in [0.1, 0.15) is 44.2 Å². The highest BCUT2D eigenvalue weighted by Gasteiger charge is 2.44. The van der Waals surface area contributed by atoms with Gasteiger partial charge in [-0.25, -0.2) is 22.7 Å². The average molecular weight is 573 g/mol. The van der Waals surface area contributed by atoms with E-state index < -0.39 is 16.9 Å². The predicted octanol–water partition coefficient (Wildman–Crippen LogP) is 3.72. The number of piperidine rings is 2. The van der Waals surface area contributed by atoms with E-state index >= 15 is 0 Å². The molecule has 0 bridgehead atoms. The first-order valence-corrected chi connectivity index (χ1v) is 15.1. The number of hydrogen-bond acceptors (Lipinski definition) is 8. The van der Waals surface area contributed by atoms with Gasteiger partial charge in [-0.1, -0.05) is 5.21 Å². The molecule has 214 valence electrons. The van der Waals surface area contributed by atoms with Crippen LogP contribution in [0.2, 0.25) is 0 Å². The Morgan fingerprint density at radius 1 is 1.00 bits per heavy atom. The lowest BCUT2D eigenvalue weighted by molar-refractivity contribution is -0.0222. The van der Waals surface area contributed by atoms with E-state index in [0.717, 1.165) is 37.2 Å². The molecule has 2 N–H and O–H groups in total. The van der Waals surface area contributed by atoms with Crippen molar-refractivity contribution in [1.82, 2.24) is 25.0 Å². The summed E-state index contributed by atoms with van der Waals surface area (Å²) in [6, 6.07) is 7.60. The second kappa shape index (κ2) is 10.7. The van der Waals surface area contributed by atoms with Crippen LogP contribution in [0.5, 0.6) is 0 Å². The first-order valence-electron chi connectivity index (χ1n) is 13.8. The van der Waals surface area contributed by atoms with Gasteiger partial charge in [0.2, 0.25) is 5.95 Å². The summed E-state index contributed by atoms with van der Waals surface area (Å²) >= 11 is 0. The number of alkyl halides is 2. The molecule has 40 heavy (non-hydrogen) atoms. The quantitative estimate of drug-likeness (QED) is 0.420. The van der Waals surface area contributed by atoms with Crippen molar-refractivity contribution in [3.63, 3.8) is 0 Å². The maximum Gasteiger partial charge on any atom is 0.251 e. The zero-order chi connectivity index (χ0) is 27.9. The standard InChI is InChI=1S/C27H34F2N8O2S/c1-19-16-24(31-25(30-19)36-12-8-27(28,29)9-13-36)37-18-22(32-34-37)21-3-2-20(33-40(39)15-14-38)17-23(21)35-10-6-26(4-5-26)7-11-35/h2-3,16-18,33,38H,4-15H2,1H3. The van der Waals surface area contributed by atoms with Crippen LogP contribution >= 0.6 is 0 Å². The Hall–Kier alpha value is -3.19. The molecule has 3 fully saturated rings. The Kier molecular flexibility index (Phi) is 7.19. The van der Waals surface area contributed by atoms with Crippen LogP contribution in [-0.2, 0) is 11.0 Å². The summed E-state index contributed by atoms with van der Waals surface area (Å²) in [7, 11) is -1.38. The molecule has 1 aromatic carbocycles. The maximum absolute atomic E-state index is 13.7. The molecule has 10 nitrogen and oxygen atoms in total. The van der Waals surface area contributed by atoms with Crippen LogP contribution in [0.4, 0.5) is 26.1 Å². The van der Waals surface area contributed by atoms with Crippen molar-refractivity contribution in [2.75, 3.05) is 53.1 Å². The lowest BCUT2D eigenvalue weighted by Gasteiger charge is -2.35. The van der Waals surface area contributed by atoms with E-state index in [9.17, 15) is 13.0 Å². The van der Waals surface area contributed by atoms with Crippen molar-refractivity contribution in [3.05, 3.63) is 36.2 Å². The molecule has 13 heteroatoms. The molecule has 1 aliphatic carbocycles. The van der Waals surface area contributed by atoms with Crippen LogP contribution in [0, 0.1) is 12.3 Å². The van der Waals surface area contributed by atoms with E-state index in [2.05, 4.69) is 29.9 Å². The number of aliphatic hydroxyl groups excluding tert-OH is 1. The summed E-state index contributed by atoms with van der Waals surface area (Å²) in [4.78, 5) is 13.3. The Balaban J connectivity index is 1.29. The second-order valence-corrected chi connectivity index (χ2v) is 12.5. The van der Waals surface area contributed by atoms with Gasteiger partial charge in [-0.3, -0.25) is 0 Å². The number of nitrogens with zero attached hydrogens (tertiary/aromatic N) is 7. The molecule has 3 aliphatic rings. The first-order chi connectivity index (χ1) is 19.2. The number of benzene rings is 1. The highest BCUT2D eigenvalue weighted by atomic mass is 32.2. The summed E-state index contributed by atoms with van der Waals surface area (Å²) in [5.74, 6) is -1.56. The molecule has 3 aromatic rings. The van der Waals surface area contributed by atoms with E-state index in [-0.39, 0.29) is 38.3 Å². The third-order valence-electron chi connectivity index (χ3n) is 8.24. The van der Waals surface area contributed by atoms with E-state index in [0.29, 0.717) is 34.3 Å².